The molecule has 0 aliphatic carbocycles. The molecule has 2 aliphatic heterocycles. The van der Waals surface area contributed by atoms with Gasteiger partial charge in [0.15, 0.2) is 0 Å². The molecule has 1 atom stereocenters. The molecule has 4 nitrogen and oxygen atoms in total. The lowest BCUT2D eigenvalue weighted by Crippen LogP contribution is -2.61. The Labute approximate surface area is 117 Å². The first kappa shape index (κ1) is 14.8. The molecule has 0 aromatic carbocycles. The maximum absolute atomic E-state index is 5.83. The first-order chi connectivity index (χ1) is 9.16. The van der Waals surface area contributed by atoms with Crippen molar-refractivity contribution in [2.24, 2.45) is 0 Å². The third kappa shape index (κ3) is 3.50. The Bertz CT molecular complexity index is 309. The molecule has 2 rings (SSSR count). The topological polar surface area (TPSA) is 33.7 Å². The van der Waals surface area contributed by atoms with Crippen molar-refractivity contribution in [1.82, 2.24) is 10.2 Å². The second-order valence-electron chi connectivity index (χ2n) is 5.88. The third-order valence-corrected chi connectivity index (χ3v) is 4.15. The molecule has 0 radical (unpaired) electrons. The van der Waals surface area contributed by atoms with Gasteiger partial charge in [-0.25, -0.2) is 0 Å². The standard InChI is InChI=1S/C15H28N2O2/c1-4-7-16-14(13-6-5-10-19-13)15(2,3)17-8-11-18-12-9-17/h6,14,16H,4-5,7-12H2,1-3H3. The predicted molar refractivity (Wildman–Crippen MR) is 77.2 cm³/mol. The van der Waals surface area contributed by atoms with Gasteiger partial charge < -0.3 is 14.8 Å². The molecule has 1 N–H and O–H groups in total. The summed E-state index contributed by atoms with van der Waals surface area (Å²) in [6.07, 6.45) is 4.43. The van der Waals surface area contributed by atoms with E-state index in [0.717, 1.165) is 58.1 Å². The molecular weight excluding hydrogens is 240 g/mol. The van der Waals surface area contributed by atoms with Crippen molar-refractivity contribution in [3.05, 3.63) is 11.8 Å². The van der Waals surface area contributed by atoms with Crippen molar-refractivity contribution in [1.29, 1.82) is 0 Å². The fraction of sp³-hybridized carbons (Fsp3) is 0.867. The second-order valence-corrected chi connectivity index (χ2v) is 5.88. The highest BCUT2D eigenvalue weighted by Gasteiger charge is 2.39. The minimum atomic E-state index is 0.0507. The van der Waals surface area contributed by atoms with Crippen LogP contribution in [-0.2, 0) is 9.47 Å². The first-order valence-corrected chi connectivity index (χ1v) is 7.55. The average Bonchev–Trinajstić information content (AvgIpc) is 2.94. The van der Waals surface area contributed by atoms with Crippen LogP contribution in [0, 0.1) is 0 Å². The van der Waals surface area contributed by atoms with Crippen LogP contribution in [0.4, 0.5) is 0 Å². The Balaban J connectivity index is 2.09. The minimum Gasteiger partial charge on any atom is -0.496 e. The number of rotatable bonds is 6. The van der Waals surface area contributed by atoms with Crippen LogP contribution in [0.3, 0.4) is 0 Å². The van der Waals surface area contributed by atoms with E-state index in [0.29, 0.717) is 0 Å². The van der Waals surface area contributed by atoms with Crippen LogP contribution in [-0.4, -0.2) is 55.9 Å². The zero-order valence-electron chi connectivity index (χ0n) is 12.6. The maximum atomic E-state index is 5.83. The molecule has 0 aromatic heterocycles. The van der Waals surface area contributed by atoms with Crippen LogP contribution in [0.2, 0.25) is 0 Å². The molecule has 0 bridgehead atoms. The Kier molecular flexibility index (Phi) is 5.25. The largest absolute Gasteiger partial charge is 0.496 e. The van der Waals surface area contributed by atoms with E-state index in [4.69, 9.17) is 9.47 Å². The van der Waals surface area contributed by atoms with Gasteiger partial charge in [-0.3, -0.25) is 4.90 Å². The molecule has 4 heteroatoms. The van der Waals surface area contributed by atoms with Gasteiger partial charge in [-0.1, -0.05) is 6.92 Å². The lowest BCUT2D eigenvalue weighted by Gasteiger charge is -2.46. The SMILES string of the molecule is CCCNC(C1=CCCO1)C(C)(C)N1CCOCC1. The van der Waals surface area contributed by atoms with Crippen LogP contribution in [0.25, 0.3) is 0 Å². The smallest absolute Gasteiger partial charge is 0.111 e. The van der Waals surface area contributed by atoms with Gasteiger partial charge in [0.05, 0.1) is 25.9 Å². The van der Waals surface area contributed by atoms with E-state index in [2.05, 4.69) is 37.1 Å². The molecule has 19 heavy (non-hydrogen) atoms. The van der Waals surface area contributed by atoms with Gasteiger partial charge in [-0.15, -0.1) is 0 Å². The molecule has 0 spiro atoms. The Morgan fingerprint density at radius 2 is 2.05 bits per heavy atom. The second kappa shape index (κ2) is 6.73. The minimum absolute atomic E-state index is 0.0507. The highest BCUT2D eigenvalue weighted by Crippen LogP contribution is 2.28. The van der Waals surface area contributed by atoms with E-state index >= 15 is 0 Å². The van der Waals surface area contributed by atoms with Crippen LogP contribution in [0.1, 0.15) is 33.6 Å². The summed E-state index contributed by atoms with van der Waals surface area (Å²) < 4.78 is 11.3. The number of morpholine rings is 1. The summed E-state index contributed by atoms with van der Waals surface area (Å²) in [5, 5.41) is 3.67. The van der Waals surface area contributed by atoms with Gasteiger partial charge in [0.25, 0.3) is 0 Å². The van der Waals surface area contributed by atoms with E-state index < -0.39 is 0 Å². The van der Waals surface area contributed by atoms with Crippen molar-refractivity contribution < 1.29 is 9.47 Å². The fourth-order valence-electron chi connectivity index (χ4n) is 2.95. The number of ether oxygens (including phenoxy) is 2. The van der Waals surface area contributed by atoms with Gasteiger partial charge in [0, 0.05) is 25.0 Å². The van der Waals surface area contributed by atoms with Crippen molar-refractivity contribution in [2.75, 3.05) is 39.5 Å². The summed E-state index contributed by atoms with van der Waals surface area (Å²) in [4.78, 5) is 2.52. The summed E-state index contributed by atoms with van der Waals surface area (Å²) >= 11 is 0. The predicted octanol–water partition coefficient (Wildman–Crippen LogP) is 1.77. The number of hydrogen-bond acceptors (Lipinski definition) is 4. The van der Waals surface area contributed by atoms with Gasteiger partial charge in [-0.2, -0.15) is 0 Å². The van der Waals surface area contributed by atoms with Gasteiger partial charge in [-0.05, 0) is 32.9 Å². The van der Waals surface area contributed by atoms with Crippen LogP contribution in [0.15, 0.2) is 11.8 Å². The molecule has 2 aliphatic rings. The molecule has 110 valence electrons. The zero-order chi connectivity index (χ0) is 13.7. The molecule has 1 saturated heterocycles. The zero-order valence-corrected chi connectivity index (χ0v) is 12.6. The Hall–Kier alpha value is -0.580. The summed E-state index contributed by atoms with van der Waals surface area (Å²) in [6.45, 7) is 12.4. The Morgan fingerprint density at radius 1 is 1.32 bits per heavy atom. The normalized spacial score (nSPS) is 23.0. The summed E-state index contributed by atoms with van der Waals surface area (Å²) in [5.74, 6) is 1.13. The first-order valence-electron chi connectivity index (χ1n) is 7.55. The van der Waals surface area contributed by atoms with E-state index in [1.807, 2.05) is 0 Å². The third-order valence-electron chi connectivity index (χ3n) is 4.15. The molecular formula is C15H28N2O2. The summed E-state index contributed by atoms with van der Waals surface area (Å²) in [5.41, 5.74) is 0.0507. The molecule has 1 fully saturated rings. The number of hydrogen-bond donors (Lipinski definition) is 1. The maximum Gasteiger partial charge on any atom is 0.111 e. The number of nitrogens with zero attached hydrogens (tertiary/aromatic N) is 1. The van der Waals surface area contributed by atoms with E-state index in [1.165, 1.54) is 0 Å². The highest BCUT2D eigenvalue weighted by atomic mass is 16.5. The summed E-state index contributed by atoms with van der Waals surface area (Å²) in [7, 11) is 0. The van der Waals surface area contributed by atoms with Gasteiger partial charge >= 0.3 is 0 Å². The van der Waals surface area contributed by atoms with E-state index in [-0.39, 0.29) is 11.6 Å². The lowest BCUT2D eigenvalue weighted by atomic mass is 9.90. The van der Waals surface area contributed by atoms with Gasteiger partial charge in [0.1, 0.15) is 5.76 Å². The van der Waals surface area contributed by atoms with Crippen molar-refractivity contribution in [2.45, 2.75) is 45.2 Å². The van der Waals surface area contributed by atoms with Crippen molar-refractivity contribution >= 4 is 0 Å². The monoisotopic (exact) mass is 268 g/mol. The van der Waals surface area contributed by atoms with Crippen molar-refractivity contribution in [3.63, 3.8) is 0 Å². The molecule has 1 unspecified atom stereocenters. The number of nitrogens with one attached hydrogen (secondary N) is 1. The quantitative estimate of drug-likeness (QED) is 0.796. The highest BCUT2D eigenvalue weighted by molar-refractivity contribution is 5.15. The van der Waals surface area contributed by atoms with Crippen LogP contribution >= 0.6 is 0 Å². The van der Waals surface area contributed by atoms with Gasteiger partial charge in [0.2, 0.25) is 0 Å². The fourth-order valence-corrected chi connectivity index (χ4v) is 2.95. The summed E-state index contributed by atoms with van der Waals surface area (Å²) in [6, 6.07) is 0.271. The molecule has 0 saturated carbocycles. The lowest BCUT2D eigenvalue weighted by molar-refractivity contribution is -0.0248. The molecule has 0 aromatic rings. The Morgan fingerprint density at radius 3 is 2.63 bits per heavy atom. The van der Waals surface area contributed by atoms with Crippen LogP contribution < -0.4 is 5.32 Å². The molecule has 0 amide bonds. The van der Waals surface area contributed by atoms with E-state index in [1.54, 1.807) is 0 Å². The average molecular weight is 268 g/mol. The van der Waals surface area contributed by atoms with Crippen molar-refractivity contribution in [3.8, 4) is 0 Å². The van der Waals surface area contributed by atoms with E-state index in [9.17, 15) is 0 Å². The molecule has 2 heterocycles. The van der Waals surface area contributed by atoms with Crippen LogP contribution in [0.5, 0.6) is 0 Å².